The molecule has 1 aliphatic heterocycles. The largest absolute Gasteiger partial charge is 0.353 e. The van der Waals surface area contributed by atoms with E-state index in [1.54, 1.807) is 29.2 Å². The van der Waals surface area contributed by atoms with Gasteiger partial charge in [0, 0.05) is 44.8 Å². The van der Waals surface area contributed by atoms with Gasteiger partial charge in [0.2, 0.25) is 0 Å². The number of piperazine rings is 1. The normalized spacial score (nSPS) is 16.1. The smallest absolute Gasteiger partial charge is 0.351 e. The summed E-state index contributed by atoms with van der Waals surface area (Å²) >= 11 is 0. The molecule has 0 unspecified atom stereocenters. The molecule has 4 rings (SSSR count). The lowest BCUT2D eigenvalue weighted by molar-refractivity contribution is 0.192. The van der Waals surface area contributed by atoms with Gasteiger partial charge < -0.3 is 4.90 Å². The van der Waals surface area contributed by atoms with Gasteiger partial charge in [0.1, 0.15) is 5.82 Å². The van der Waals surface area contributed by atoms with Crippen LogP contribution in [-0.4, -0.2) is 55.2 Å². The van der Waals surface area contributed by atoms with E-state index in [1.807, 2.05) is 18.2 Å². The van der Waals surface area contributed by atoms with Crippen molar-refractivity contribution in [2.24, 2.45) is 0 Å². The maximum Gasteiger partial charge on any atom is 0.351 e. The first-order valence-electron chi connectivity index (χ1n) is 7.59. The van der Waals surface area contributed by atoms with Crippen molar-refractivity contribution in [1.82, 2.24) is 29.0 Å². The van der Waals surface area contributed by atoms with Crippen LogP contribution in [0.5, 0.6) is 0 Å². The fourth-order valence-electron chi connectivity index (χ4n) is 2.82. The van der Waals surface area contributed by atoms with E-state index < -0.39 is 0 Å². The van der Waals surface area contributed by atoms with Crippen molar-refractivity contribution in [3.05, 3.63) is 53.5 Å². The highest BCUT2D eigenvalue weighted by atomic mass is 16.2. The number of pyridine rings is 1. The fourth-order valence-corrected chi connectivity index (χ4v) is 2.82. The van der Waals surface area contributed by atoms with E-state index in [0.717, 1.165) is 32.0 Å². The van der Waals surface area contributed by atoms with Crippen molar-refractivity contribution in [3.63, 3.8) is 0 Å². The topological polar surface area (TPSA) is 71.6 Å². The van der Waals surface area contributed by atoms with Crippen LogP contribution in [0.3, 0.4) is 0 Å². The molecule has 23 heavy (non-hydrogen) atoms. The van der Waals surface area contributed by atoms with Crippen LogP contribution in [0.2, 0.25) is 0 Å². The van der Waals surface area contributed by atoms with E-state index in [0.29, 0.717) is 12.3 Å². The van der Waals surface area contributed by atoms with Crippen molar-refractivity contribution >= 4 is 11.5 Å². The molecular formula is C15H17N7O. The molecular weight excluding hydrogens is 294 g/mol. The summed E-state index contributed by atoms with van der Waals surface area (Å²) in [5.74, 6) is 0.900. The number of fused-ring (bicyclic) bond motifs is 1. The second-order valence-electron chi connectivity index (χ2n) is 5.52. The molecule has 0 saturated carbocycles. The zero-order valence-electron chi connectivity index (χ0n) is 12.6. The summed E-state index contributed by atoms with van der Waals surface area (Å²) in [5.41, 5.74) is 0.577. The maximum absolute atomic E-state index is 12.3. The Kier molecular flexibility index (Phi) is 3.51. The molecule has 0 aromatic carbocycles. The standard InChI is InChI=1S/C15H17N7O/c23-15-21-6-2-1-3-13(21)18-22(15)12-19-7-9-20(10-8-19)14-11-16-4-5-17-14/h1-6,11H,7-10,12H2. The van der Waals surface area contributed by atoms with Gasteiger partial charge in [0.15, 0.2) is 5.65 Å². The Morgan fingerprint density at radius 1 is 1.09 bits per heavy atom. The molecule has 3 aromatic heterocycles. The summed E-state index contributed by atoms with van der Waals surface area (Å²) in [5, 5.41) is 4.37. The molecule has 0 bridgehead atoms. The predicted octanol–water partition coefficient (Wildman–Crippen LogP) is 0.0657. The van der Waals surface area contributed by atoms with Gasteiger partial charge in [-0.05, 0) is 12.1 Å². The first-order chi connectivity index (χ1) is 11.3. The van der Waals surface area contributed by atoms with Gasteiger partial charge in [-0.1, -0.05) is 6.07 Å². The average Bonchev–Trinajstić information content (AvgIpc) is 2.93. The Balaban J connectivity index is 1.45. The quantitative estimate of drug-likeness (QED) is 0.681. The Morgan fingerprint density at radius 3 is 2.70 bits per heavy atom. The third kappa shape index (κ3) is 2.68. The molecule has 0 radical (unpaired) electrons. The Morgan fingerprint density at radius 2 is 1.96 bits per heavy atom. The van der Waals surface area contributed by atoms with Crippen LogP contribution in [-0.2, 0) is 6.67 Å². The number of hydrogen-bond acceptors (Lipinski definition) is 6. The van der Waals surface area contributed by atoms with Crippen LogP contribution >= 0.6 is 0 Å². The second kappa shape index (κ2) is 5.81. The van der Waals surface area contributed by atoms with E-state index in [4.69, 9.17) is 0 Å². The van der Waals surface area contributed by atoms with Crippen molar-refractivity contribution in [1.29, 1.82) is 0 Å². The lowest BCUT2D eigenvalue weighted by Gasteiger charge is -2.34. The van der Waals surface area contributed by atoms with Crippen molar-refractivity contribution in [2.75, 3.05) is 31.1 Å². The van der Waals surface area contributed by atoms with Gasteiger partial charge in [0.05, 0.1) is 12.9 Å². The first kappa shape index (κ1) is 13.9. The highest BCUT2D eigenvalue weighted by molar-refractivity contribution is 5.36. The van der Waals surface area contributed by atoms with Crippen molar-refractivity contribution in [2.45, 2.75) is 6.67 Å². The number of nitrogens with zero attached hydrogens (tertiary/aromatic N) is 7. The zero-order chi connectivity index (χ0) is 15.6. The number of anilines is 1. The minimum atomic E-state index is -0.100. The molecule has 1 aliphatic rings. The first-order valence-corrected chi connectivity index (χ1v) is 7.59. The Bertz CT molecular complexity index is 849. The number of rotatable bonds is 3. The molecule has 0 spiro atoms. The zero-order valence-corrected chi connectivity index (χ0v) is 12.6. The van der Waals surface area contributed by atoms with Crippen LogP contribution in [0, 0.1) is 0 Å². The van der Waals surface area contributed by atoms with E-state index in [1.165, 1.54) is 4.68 Å². The molecule has 8 nitrogen and oxygen atoms in total. The Labute approximate surface area is 132 Å². The lowest BCUT2D eigenvalue weighted by Crippen LogP contribution is -2.48. The summed E-state index contributed by atoms with van der Waals surface area (Å²) in [7, 11) is 0. The van der Waals surface area contributed by atoms with Gasteiger partial charge >= 0.3 is 5.69 Å². The molecule has 3 aromatic rings. The van der Waals surface area contributed by atoms with Crippen LogP contribution < -0.4 is 10.6 Å². The number of hydrogen-bond donors (Lipinski definition) is 0. The second-order valence-corrected chi connectivity index (χ2v) is 5.52. The molecule has 8 heteroatoms. The van der Waals surface area contributed by atoms with Gasteiger partial charge in [0.25, 0.3) is 0 Å². The van der Waals surface area contributed by atoms with Crippen molar-refractivity contribution < 1.29 is 0 Å². The van der Waals surface area contributed by atoms with E-state index in [2.05, 4.69) is 24.9 Å². The predicted molar refractivity (Wildman–Crippen MR) is 85.3 cm³/mol. The van der Waals surface area contributed by atoms with Crippen LogP contribution in [0.25, 0.3) is 5.65 Å². The van der Waals surface area contributed by atoms with Crippen LogP contribution in [0.1, 0.15) is 0 Å². The Hall–Kier alpha value is -2.74. The van der Waals surface area contributed by atoms with Gasteiger partial charge in [-0.2, -0.15) is 4.68 Å². The molecule has 118 valence electrons. The minimum absolute atomic E-state index is 0.100. The van der Waals surface area contributed by atoms with Gasteiger partial charge in [-0.25, -0.2) is 9.78 Å². The molecule has 4 heterocycles. The van der Waals surface area contributed by atoms with Crippen LogP contribution in [0.15, 0.2) is 47.8 Å². The summed E-state index contributed by atoms with van der Waals surface area (Å²) in [6, 6.07) is 5.55. The minimum Gasteiger partial charge on any atom is -0.353 e. The molecule has 0 N–H and O–H groups in total. The van der Waals surface area contributed by atoms with Crippen molar-refractivity contribution in [3.8, 4) is 0 Å². The SMILES string of the molecule is O=c1n(CN2CCN(c3cnccn3)CC2)nc2ccccn12. The van der Waals surface area contributed by atoms with Gasteiger partial charge in [-0.3, -0.25) is 14.3 Å². The lowest BCUT2D eigenvalue weighted by atomic mass is 10.3. The third-order valence-corrected chi connectivity index (χ3v) is 4.07. The highest BCUT2D eigenvalue weighted by Gasteiger charge is 2.19. The summed E-state index contributed by atoms with van der Waals surface area (Å²) in [6.45, 7) is 3.95. The van der Waals surface area contributed by atoms with E-state index in [-0.39, 0.29) is 5.69 Å². The van der Waals surface area contributed by atoms with Crippen LogP contribution in [0.4, 0.5) is 5.82 Å². The molecule has 0 aliphatic carbocycles. The fraction of sp³-hybridized carbons (Fsp3) is 0.333. The molecule has 1 saturated heterocycles. The summed E-state index contributed by atoms with van der Waals surface area (Å²) in [6.07, 6.45) is 6.91. The third-order valence-electron chi connectivity index (χ3n) is 4.07. The molecule has 0 atom stereocenters. The summed E-state index contributed by atoms with van der Waals surface area (Å²) < 4.78 is 3.09. The average molecular weight is 311 g/mol. The molecule has 1 fully saturated rings. The number of aromatic nitrogens is 5. The van der Waals surface area contributed by atoms with E-state index >= 15 is 0 Å². The molecule has 0 amide bonds. The van der Waals surface area contributed by atoms with Gasteiger partial charge in [-0.15, -0.1) is 5.10 Å². The summed E-state index contributed by atoms with van der Waals surface area (Å²) in [4.78, 5) is 25.2. The highest BCUT2D eigenvalue weighted by Crippen LogP contribution is 2.11. The van der Waals surface area contributed by atoms with E-state index in [9.17, 15) is 4.79 Å². The maximum atomic E-state index is 12.3. The monoisotopic (exact) mass is 311 g/mol.